The zero-order chi connectivity index (χ0) is 12.7. The Kier molecular flexibility index (Phi) is 6.73. The van der Waals surface area contributed by atoms with Crippen LogP contribution in [0.15, 0.2) is 28.7 Å². The molecule has 0 aliphatic carbocycles. The fourth-order valence-corrected chi connectivity index (χ4v) is 2.25. The van der Waals surface area contributed by atoms with Crippen molar-refractivity contribution in [2.45, 2.75) is 19.4 Å². The molecule has 0 fully saturated rings. The predicted octanol–water partition coefficient (Wildman–Crippen LogP) is 2.15. The van der Waals surface area contributed by atoms with E-state index < -0.39 is 0 Å². The molecule has 0 bridgehead atoms. The minimum absolute atomic E-state index is 0.230. The molecule has 1 rings (SSSR count). The number of aliphatic hydroxyl groups excluding tert-OH is 1. The molecule has 0 radical (unpaired) electrons. The Labute approximate surface area is 112 Å². The first kappa shape index (κ1) is 14.6. The first-order valence-corrected chi connectivity index (χ1v) is 6.82. The van der Waals surface area contributed by atoms with E-state index in [4.69, 9.17) is 10.8 Å². The van der Waals surface area contributed by atoms with Crippen LogP contribution in [0.1, 0.15) is 24.9 Å². The SMILES string of the molecule is CCN(CCCO)C(CN)c1ccc(Br)cc1. The summed E-state index contributed by atoms with van der Waals surface area (Å²) in [6.07, 6.45) is 0.793. The van der Waals surface area contributed by atoms with Crippen molar-refractivity contribution in [1.29, 1.82) is 0 Å². The van der Waals surface area contributed by atoms with Crippen LogP contribution in [0.5, 0.6) is 0 Å². The number of halogens is 1. The zero-order valence-electron chi connectivity index (χ0n) is 10.3. The molecular formula is C13H21BrN2O. The summed E-state index contributed by atoms with van der Waals surface area (Å²) in [5.41, 5.74) is 7.11. The van der Waals surface area contributed by atoms with E-state index in [-0.39, 0.29) is 12.6 Å². The fraction of sp³-hybridized carbons (Fsp3) is 0.538. The number of likely N-dealkylation sites (N-methyl/N-ethyl adjacent to an activating group) is 1. The predicted molar refractivity (Wildman–Crippen MR) is 74.9 cm³/mol. The van der Waals surface area contributed by atoms with Crippen molar-refractivity contribution in [3.63, 3.8) is 0 Å². The van der Waals surface area contributed by atoms with Crippen LogP contribution >= 0.6 is 15.9 Å². The minimum Gasteiger partial charge on any atom is -0.396 e. The zero-order valence-corrected chi connectivity index (χ0v) is 11.9. The molecule has 0 amide bonds. The van der Waals surface area contributed by atoms with Crippen LogP contribution in [0.25, 0.3) is 0 Å². The van der Waals surface area contributed by atoms with Gasteiger partial charge in [0.25, 0.3) is 0 Å². The second-order valence-electron chi connectivity index (χ2n) is 4.01. The number of hydrogen-bond donors (Lipinski definition) is 2. The summed E-state index contributed by atoms with van der Waals surface area (Å²) in [4.78, 5) is 2.31. The van der Waals surface area contributed by atoms with Crippen molar-refractivity contribution >= 4 is 15.9 Å². The van der Waals surface area contributed by atoms with E-state index in [0.717, 1.165) is 24.0 Å². The van der Waals surface area contributed by atoms with E-state index in [1.807, 2.05) is 12.1 Å². The highest BCUT2D eigenvalue weighted by Crippen LogP contribution is 2.21. The van der Waals surface area contributed by atoms with Crippen LogP contribution in [0.2, 0.25) is 0 Å². The average Bonchev–Trinajstić information content (AvgIpc) is 2.36. The average molecular weight is 301 g/mol. The summed E-state index contributed by atoms with van der Waals surface area (Å²) in [5.74, 6) is 0. The third kappa shape index (κ3) is 4.39. The molecule has 1 atom stereocenters. The molecule has 96 valence electrons. The van der Waals surface area contributed by atoms with Gasteiger partial charge in [-0.1, -0.05) is 35.0 Å². The van der Waals surface area contributed by atoms with Gasteiger partial charge in [-0.25, -0.2) is 0 Å². The topological polar surface area (TPSA) is 49.5 Å². The van der Waals surface area contributed by atoms with Gasteiger partial charge in [-0.05, 0) is 30.7 Å². The third-order valence-electron chi connectivity index (χ3n) is 2.93. The number of nitrogens with two attached hydrogens (primary N) is 1. The van der Waals surface area contributed by atoms with Crippen LogP contribution in [0.4, 0.5) is 0 Å². The Morgan fingerprint density at radius 3 is 2.47 bits per heavy atom. The van der Waals surface area contributed by atoms with Crippen LogP contribution < -0.4 is 5.73 Å². The largest absolute Gasteiger partial charge is 0.396 e. The van der Waals surface area contributed by atoms with Gasteiger partial charge in [0.2, 0.25) is 0 Å². The monoisotopic (exact) mass is 300 g/mol. The summed E-state index contributed by atoms with van der Waals surface area (Å²) >= 11 is 3.43. The van der Waals surface area contributed by atoms with E-state index in [9.17, 15) is 0 Å². The molecule has 1 aromatic carbocycles. The molecule has 3 nitrogen and oxygen atoms in total. The van der Waals surface area contributed by atoms with Gasteiger partial charge in [-0.3, -0.25) is 4.90 Å². The van der Waals surface area contributed by atoms with Crippen LogP contribution in [0, 0.1) is 0 Å². The standard InChI is InChI=1S/C13H21BrN2O/c1-2-16(8-3-9-17)13(10-15)11-4-6-12(14)7-5-11/h4-7,13,17H,2-3,8-10,15H2,1H3. The maximum atomic E-state index is 8.91. The highest BCUT2D eigenvalue weighted by Gasteiger charge is 2.16. The Balaban J connectivity index is 2.77. The Morgan fingerprint density at radius 1 is 1.35 bits per heavy atom. The molecule has 4 heteroatoms. The lowest BCUT2D eigenvalue weighted by molar-refractivity contribution is 0.185. The Hall–Kier alpha value is -0.420. The molecule has 0 heterocycles. The summed E-state index contributed by atoms with van der Waals surface area (Å²) < 4.78 is 1.08. The molecule has 1 aromatic rings. The maximum absolute atomic E-state index is 8.91. The van der Waals surface area contributed by atoms with E-state index in [1.54, 1.807) is 0 Å². The summed E-state index contributed by atoms with van der Waals surface area (Å²) in [7, 11) is 0. The number of aliphatic hydroxyl groups is 1. The third-order valence-corrected chi connectivity index (χ3v) is 3.46. The second-order valence-corrected chi connectivity index (χ2v) is 4.92. The quantitative estimate of drug-likeness (QED) is 0.811. The van der Waals surface area contributed by atoms with E-state index in [1.165, 1.54) is 5.56 Å². The van der Waals surface area contributed by atoms with Crippen molar-refractivity contribution in [1.82, 2.24) is 4.90 Å². The highest BCUT2D eigenvalue weighted by molar-refractivity contribution is 9.10. The molecule has 0 saturated heterocycles. The van der Waals surface area contributed by atoms with Crippen molar-refractivity contribution in [3.8, 4) is 0 Å². The molecule has 1 unspecified atom stereocenters. The highest BCUT2D eigenvalue weighted by atomic mass is 79.9. The van der Waals surface area contributed by atoms with Crippen LogP contribution in [-0.2, 0) is 0 Å². The molecule has 0 aromatic heterocycles. The summed E-state index contributed by atoms with van der Waals surface area (Å²) in [6, 6.07) is 8.52. The van der Waals surface area contributed by atoms with E-state index in [0.29, 0.717) is 6.54 Å². The van der Waals surface area contributed by atoms with E-state index >= 15 is 0 Å². The van der Waals surface area contributed by atoms with Gasteiger partial charge < -0.3 is 10.8 Å². The molecule has 0 spiro atoms. The van der Waals surface area contributed by atoms with Crippen LogP contribution in [0.3, 0.4) is 0 Å². The Bertz CT molecular complexity index is 316. The molecule has 0 saturated carbocycles. The van der Waals surface area contributed by atoms with Gasteiger partial charge in [0, 0.05) is 30.2 Å². The lowest BCUT2D eigenvalue weighted by Crippen LogP contribution is -2.34. The Morgan fingerprint density at radius 2 is 2.00 bits per heavy atom. The van der Waals surface area contributed by atoms with E-state index in [2.05, 4.69) is 39.9 Å². The lowest BCUT2D eigenvalue weighted by Gasteiger charge is -2.30. The molecule has 0 aliphatic rings. The normalized spacial score (nSPS) is 13.0. The van der Waals surface area contributed by atoms with Gasteiger partial charge >= 0.3 is 0 Å². The number of nitrogens with zero attached hydrogens (tertiary/aromatic N) is 1. The van der Waals surface area contributed by atoms with Crippen molar-refractivity contribution in [2.75, 3.05) is 26.2 Å². The van der Waals surface area contributed by atoms with Gasteiger partial charge in [-0.2, -0.15) is 0 Å². The van der Waals surface area contributed by atoms with Crippen LogP contribution in [-0.4, -0.2) is 36.2 Å². The van der Waals surface area contributed by atoms with Crippen molar-refractivity contribution in [2.24, 2.45) is 5.73 Å². The minimum atomic E-state index is 0.230. The van der Waals surface area contributed by atoms with Crippen molar-refractivity contribution < 1.29 is 5.11 Å². The molecule has 0 aliphatic heterocycles. The van der Waals surface area contributed by atoms with Crippen molar-refractivity contribution in [3.05, 3.63) is 34.3 Å². The molecule has 3 N–H and O–H groups in total. The maximum Gasteiger partial charge on any atom is 0.0470 e. The lowest BCUT2D eigenvalue weighted by atomic mass is 10.1. The first-order valence-electron chi connectivity index (χ1n) is 6.03. The van der Waals surface area contributed by atoms with Gasteiger partial charge in [0.15, 0.2) is 0 Å². The smallest absolute Gasteiger partial charge is 0.0470 e. The second kappa shape index (κ2) is 7.82. The van der Waals surface area contributed by atoms with Gasteiger partial charge in [0.05, 0.1) is 0 Å². The summed E-state index contributed by atoms with van der Waals surface area (Å²) in [6.45, 7) is 4.77. The molecule has 17 heavy (non-hydrogen) atoms. The number of rotatable bonds is 7. The van der Waals surface area contributed by atoms with Gasteiger partial charge in [0.1, 0.15) is 0 Å². The molecular weight excluding hydrogens is 280 g/mol. The summed E-state index contributed by atoms with van der Waals surface area (Å²) in [5, 5.41) is 8.91. The fourth-order valence-electron chi connectivity index (χ4n) is 1.99. The number of hydrogen-bond acceptors (Lipinski definition) is 3. The number of benzene rings is 1. The first-order chi connectivity index (χ1) is 8.22. The van der Waals surface area contributed by atoms with Gasteiger partial charge in [-0.15, -0.1) is 0 Å².